The first-order chi connectivity index (χ1) is 7.47. The third-order valence-electron chi connectivity index (χ3n) is 1.75. The lowest BCUT2D eigenvalue weighted by atomic mass is 10.2. The van der Waals surface area contributed by atoms with E-state index in [9.17, 15) is 9.59 Å². The molecule has 16 heavy (non-hydrogen) atoms. The fraction of sp³-hybridized carbons (Fsp3) is 0.800. The van der Waals surface area contributed by atoms with Crippen LogP contribution in [0.5, 0.6) is 0 Å². The van der Waals surface area contributed by atoms with E-state index >= 15 is 0 Å². The number of rotatable bonds is 8. The molecule has 0 rings (SSSR count). The second-order valence-electron chi connectivity index (χ2n) is 3.90. The predicted octanol–water partition coefficient (Wildman–Crippen LogP) is -0.469. The Kier molecular flexibility index (Phi) is 7.49. The molecule has 0 aliphatic carbocycles. The summed E-state index contributed by atoms with van der Waals surface area (Å²) in [5, 5.41) is 8.66. The van der Waals surface area contributed by atoms with Gasteiger partial charge in [-0.15, -0.1) is 0 Å². The van der Waals surface area contributed by atoms with Gasteiger partial charge in [-0.1, -0.05) is 13.8 Å². The first kappa shape index (κ1) is 14.9. The molecule has 0 saturated carbocycles. The number of carboxylic acid groups (broad SMARTS) is 1. The van der Waals surface area contributed by atoms with Gasteiger partial charge in [-0.2, -0.15) is 0 Å². The molecule has 0 heterocycles. The van der Waals surface area contributed by atoms with Crippen molar-refractivity contribution in [2.24, 2.45) is 11.7 Å². The van der Waals surface area contributed by atoms with E-state index in [1.807, 2.05) is 13.8 Å². The number of hydrogen-bond donors (Lipinski definition) is 2. The van der Waals surface area contributed by atoms with Gasteiger partial charge in [0.05, 0.1) is 6.61 Å². The smallest absolute Gasteiger partial charge is 0.323 e. The summed E-state index contributed by atoms with van der Waals surface area (Å²) in [7, 11) is 0. The molecule has 0 aliphatic rings. The van der Waals surface area contributed by atoms with Gasteiger partial charge >= 0.3 is 5.97 Å². The fourth-order valence-corrected chi connectivity index (χ4v) is 1.19. The number of amides is 1. The molecule has 0 bridgehead atoms. The number of nitrogens with two attached hydrogens (primary N) is 1. The molecule has 0 aromatic carbocycles. The van der Waals surface area contributed by atoms with Gasteiger partial charge in [-0.25, -0.2) is 0 Å². The maximum Gasteiger partial charge on any atom is 0.323 e. The average Bonchev–Trinajstić information content (AvgIpc) is 2.15. The highest BCUT2D eigenvalue weighted by Crippen LogP contribution is 1.99. The van der Waals surface area contributed by atoms with E-state index in [4.69, 9.17) is 15.6 Å². The van der Waals surface area contributed by atoms with Crippen LogP contribution < -0.4 is 5.73 Å². The van der Waals surface area contributed by atoms with E-state index in [1.54, 1.807) is 0 Å². The van der Waals surface area contributed by atoms with Crippen LogP contribution in [-0.2, 0) is 14.3 Å². The lowest BCUT2D eigenvalue weighted by Crippen LogP contribution is -2.40. The molecule has 0 saturated heterocycles. The first-order valence-electron chi connectivity index (χ1n) is 5.24. The number of hydrogen-bond acceptors (Lipinski definition) is 4. The van der Waals surface area contributed by atoms with Crippen molar-refractivity contribution < 1.29 is 19.4 Å². The number of ether oxygens (including phenoxy) is 1. The Morgan fingerprint density at radius 2 is 2.06 bits per heavy atom. The Labute approximate surface area is 95.4 Å². The maximum atomic E-state index is 11.6. The van der Waals surface area contributed by atoms with E-state index in [1.165, 1.54) is 4.90 Å². The number of aliphatic carboxylic acids is 1. The minimum Gasteiger partial charge on any atom is -0.480 e. The molecular weight excluding hydrogens is 212 g/mol. The molecule has 0 unspecified atom stereocenters. The van der Waals surface area contributed by atoms with Gasteiger partial charge in [0.2, 0.25) is 5.91 Å². The van der Waals surface area contributed by atoms with Crippen LogP contribution in [0.2, 0.25) is 0 Å². The molecule has 0 fully saturated rings. The van der Waals surface area contributed by atoms with Crippen molar-refractivity contribution in [3.8, 4) is 0 Å². The summed E-state index contributed by atoms with van der Waals surface area (Å²) in [6, 6.07) is 0. The zero-order valence-corrected chi connectivity index (χ0v) is 9.81. The van der Waals surface area contributed by atoms with Crippen molar-refractivity contribution in [1.82, 2.24) is 4.90 Å². The van der Waals surface area contributed by atoms with Crippen molar-refractivity contribution in [2.45, 2.75) is 13.8 Å². The van der Waals surface area contributed by atoms with Gasteiger partial charge in [0.15, 0.2) is 0 Å². The molecule has 0 spiro atoms. The number of carbonyl (C=O) groups is 2. The summed E-state index contributed by atoms with van der Waals surface area (Å²) in [5.41, 5.74) is 5.21. The van der Waals surface area contributed by atoms with Crippen LogP contribution in [0.3, 0.4) is 0 Å². The zero-order chi connectivity index (χ0) is 12.6. The lowest BCUT2D eigenvalue weighted by molar-refractivity contribution is -0.146. The second-order valence-corrected chi connectivity index (χ2v) is 3.90. The SMILES string of the molecule is CC(C)CN(CC(=O)O)C(=O)COCCN. The number of carbonyl (C=O) groups excluding carboxylic acids is 1. The van der Waals surface area contributed by atoms with Crippen LogP contribution in [0.15, 0.2) is 0 Å². The van der Waals surface area contributed by atoms with E-state index in [0.717, 1.165) is 0 Å². The standard InChI is InChI=1S/C10H20N2O4/c1-8(2)5-12(6-10(14)15)9(13)7-16-4-3-11/h8H,3-7,11H2,1-2H3,(H,14,15). The quantitative estimate of drug-likeness (QED) is 0.552. The molecule has 0 aliphatic heterocycles. The first-order valence-corrected chi connectivity index (χ1v) is 5.24. The Morgan fingerprint density at radius 1 is 1.44 bits per heavy atom. The summed E-state index contributed by atoms with van der Waals surface area (Å²) >= 11 is 0. The van der Waals surface area contributed by atoms with Crippen LogP contribution in [0, 0.1) is 5.92 Å². The Morgan fingerprint density at radius 3 is 2.50 bits per heavy atom. The third-order valence-corrected chi connectivity index (χ3v) is 1.75. The second kappa shape index (κ2) is 8.06. The topological polar surface area (TPSA) is 92.9 Å². The van der Waals surface area contributed by atoms with Gasteiger partial charge in [-0.3, -0.25) is 9.59 Å². The van der Waals surface area contributed by atoms with Crippen LogP contribution in [0.1, 0.15) is 13.8 Å². The largest absolute Gasteiger partial charge is 0.480 e. The fourth-order valence-electron chi connectivity index (χ4n) is 1.19. The molecule has 6 nitrogen and oxygen atoms in total. The number of nitrogens with zero attached hydrogens (tertiary/aromatic N) is 1. The van der Waals surface area contributed by atoms with Crippen molar-refractivity contribution in [3.05, 3.63) is 0 Å². The molecule has 0 aromatic rings. The predicted molar refractivity (Wildman–Crippen MR) is 58.9 cm³/mol. The van der Waals surface area contributed by atoms with Gasteiger partial charge in [0, 0.05) is 13.1 Å². The van der Waals surface area contributed by atoms with Crippen LogP contribution in [-0.4, -0.2) is 54.7 Å². The molecule has 6 heteroatoms. The summed E-state index contributed by atoms with van der Waals surface area (Å²) < 4.78 is 4.98. The van der Waals surface area contributed by atoms with Crippen LogP contribution in [0.25, 0.3) is 0 Å². The summed E-state index contributed by atoms with van der Waals surface area (Å²) in [6.07, 6.45) is 0. The summed E-state index contributed by atoms with van der Waals surface area (Å²) in [5.74, 6) is -1.12. The van der Waals surface area contributed by atoms with E-state index in [0.29, 0.717) is 19.7 Å². The highest BCUT2D eigenvalue weighted by atomic mass is 16.5. The highest BCUT2D eigenvalue weighted by Gasteiger charge is 2.17. The molecule has 94 valence electrons. The molecule has 0 atom stereocenters. The third kappa shape index (κ3) is 7.19. The Hall–Kier alpha value is -1.14. The van der Waals surface area contributed by atoms with Crippen molar-refractivity contribution in [1.29, 1.82) is 0 Å². The number of carboxylic acids is 1. The van der Waals surface area contributed by atoms with Gasteiger partial charge in [0.25, 0.3) is 0 Å². The molecule has 1 amide bonds. The van der Waals surface area contributed by atoms with Gasteiger partial charge in [0.1, 0.15) is 13.2 Å². The molecule has 0 radical (unpaired) electrons. The molecule has 3 N–H and O–H groups in total. The Bertz CT molecular complexity index is 231. The lowest BCUT2D eigenvalue weighted by Gasteiger charge is -2.22. The summed E-state index contributed by atoms with van der Waals surface area (Å²) in [6.45, 7) is 4.49. The highest BCUT2D eigenvalue weighted by molar-refractivity contribution is 5.82. The monoisotopic (exact) mass is 232 g/mol. The normalized spacial score (nSPS) is 10.5. The van der Waals surface area contributed by atoms with Crippen LogP contribution in [0.4, 0.5) is 0 Å². The van der Waals surface area contributed by atoms with Crippen molar-refractivity contribution >= 4 is 11.9 Å². The minimum absolute atomic E-state index is 0.114. The molecule has 0 aromatic heterocycles. The zero-order valence-electron chi connectivity index (χ0n) is 9.81. The minimum atomic E-state index is -1.02. The van der Waals surface area contributed by atoms with Gasteiger partial charge < -0.3 is 20.5 Å². The van der Waals surface area contributed by atoms with E-state index < -0.39 is 5.97 Å². The van der Waals surface area contributed by atoms with Crippen molar-refractivity contribution in [2.75, 3.05) is 32.8 Å². The Balaban J connectivity index is 4.15. The van der Waals surface area contributed by atoms with Crippen LogP contribution >= 0.6 is 0 Å². The molecular formula is C10H20N2O4. The van der Waals surface area contributed by atoms with E-state index in [-0.39, 0.29) is 25.0 Å². The maximum absolute atomic E-state index is 11.6. The van der Waals surface area contributed by atoms with E-state index in [2.05, 4.69) is 0 Å². The van der Waals surface area contributed by atoms with Crippen molar-refractivity contribution in [3.63, 3.8) is 0 Å². The van der Waals surface area contributed by atoms with Gasteiger partial charge in [-0.05, 0) is 5.92 Å². The summed E-state index contributed by atoms with van der Waals surface area (Å²) in [4.78, 5) is 23.4. The average molecular weight is 232 g/mol.